The summed E-state index contributed by atoms with van der Waals surface area (Å²) in [6, 6.07) is 18.4. The van der Waals surface area contributed by atoms with Crippen molar-refractivity contribution in [2.45, 2.75) is 50.7 Å². The number of aryl methyl sites for hydroxylation is 1. The molecule has 26 heavy (non-hydrogen) atoms. The highest BCUT2D eigenvalue weighted by molar-refractivity contribution is 7.99. The van der Waals surface area contributed by atoms with Crippen LogP contribution in [0.1, 0.15) is 38.3 Å². The van der Waals surface area contributed by atoms with E-state index in [4.69, 9.17) is 4.74 Å². The Morgan fingerprint density at radius 1 is 1.04 bits per heavy atom. The van der Waals surface area contributed by atoms with E-state index in [0.29, 0.717) is 6.54 Å². The zero-order valence-corrected chi connectivity index (χ0v) is 16.7. The smallest absolute Gasteiger partial charge is 0.232 e. The molecule has 1 N–H and O–H groups in total. The number of hydrogen-bond donors (Lipinski definition) is 1. The lowest BCUT2D eigenvalue weighted by atomic mass is 10.1. The minimum atomic E-state index is -0.0435. The molecule has 0 aliphatic rings. The third-order valence-electron chi connectivity index (χ3n) is 3.92. The maximum absolute atomic E-state index is 12.2. The normalized spacial score (nSPS) is 12.0. The van der Waals surface area contributed by atoms with Crippen LogP contribution in [-0.4, -0.2) is 23.8 Å². The lowest BCUT2D eigenvalue weighted by Crippen LogP contribution is -2.31. The molecule has 0 saturated carbocycles. The molecule has 2 aromatic rings. The van der Waals surface area contributed by atoms with Crippen LogP contribution in [0.5, 0.6) is 5.75 Å². The van der Waals surface area contributed by atoms with Crippen LogP contribution < -0.4 is 10.1 Å². The summed E-state index contributed by atoms with van der Waals surface area (Å²) >= 11 is 1.67. The Bertz CT molecular complexity index is 673. The van der Waals surface area contributed by atoms with Crippen LogP contribution in [0.4, 0.5) is 0 Å². The molecule has 0 aromatic heterocycles. The summed E-state index contributed by atoms with van der Waals surface area (Å²) in [6.45, 7) is 6.72. The Labute approximate surface area is 161 Å². The summed E-state index contributed by atoms with van der Waals surface area (Å²) in [5.74, 6) is 1.88. The number of rotatable bonds is 10. The van der Waals surface area contributed by atoms with Crippen LogP contribution in [0.15, 0.2) is 54.6 Å². The van der Waals surface area contributed by atoms with Gasteiger partial charge in [0.25, 0.3) is 0 Å². The van der Waals surface area contributed by atoms with Gasteiger partial charge in [0.1, 0.15) is 5.75 Å². The number of carbonyl (C=O) groups is 1. The van der Waals surface area contributed by atoms with Crippen molar-refractivity contribution in [3.05, 3.63) is 65.7 Å². The molecule has 2 aromatic carbocycles. The van der Waals surface area contributed by atoms with Gasteiger partial charge in [-0.3, -0.25) is 4.79 Å². The summed E-state index contributed by atoms with van der Waals surface area (Å²) in [7, 11) is 0. The molecule has 1 amide bonds. The van der Waals surface area contributed by atoms with E-state index in [-0.39, 0.29) is 17.3 Å². The van der Waals surface area contributed by atoms with E-state index in [1.54, 1.807) is 11.8 Å². The molecule has 3 nitrogen and oxygen atoms in total. The summed E-state index contributed by atoms with van der Waals surface area (Å²) in [5.41, 5.74) is 2.49. The second-order valence-electron chi connectivity index (χ2n) is 6.65. The topological polar surface area (TPSA) is 38.3 Å². The minimum absolute atomic E-state index is 0.0435. The van der Waals surface area contributed by atoms with Gasteiger partial charge in [-0.2, -0.15) is 0 Å². The summed E-state index contributed by atoms with van der Waals surface area (Å²) < 4.78 is 5.72. The lowest BCUT2D eigenvalue weighted by molar-refractivity contribution is -0.120. The summed E-state index contributed by atoms with van der Waals surface area (Å²) in [4.78, 5) is 12.2. The zero-order valence-electron chi connectivity index (χ0n) is 15.9. The highest BCUT2D eigenvalue weighted by Gasteiger charge is 2.12. The number of amides is 1. The number of ether oxygens (including phenoxy) is 1. The average Bonchev–Trinajstić information content (AvgIpc) is 2.63. The number of carbonyl (C=O) groups excluding carboxylic acids is 1. The van der Waals surface area contributed by atoms with Crippen molar-refractivity contribution in [2.75, 3.05) is 6.54 Å². The first-order chi connectivity index (χ1) is 12.5. The predicted molar refractivity (Wildman–Crippen MR) is 111 cm³/mol. The second kappa shape index (κ2) is 10.9. The number of nitrogens with one attached hydrogen (secondary N) is 1. The molecule has 0 fully saturated rings. The largest absolute Gasteiger partial charge is 0.491 e. The van der Waals surface area contributed by atoms with E-state index in [0.717, 1.165) is 24.3 Å². The predicted octanol–water partition coefficient (Wildman–Crippen LogP) is 4.84. The number of benzene rings is 2. The van der Waals surface area contributed by atoms with E-state index < -0.39 is 0 Å². The van der Waals surface area contributed by atoms with Gasteiger partial charge in [0.05, 0.1) is 11.4 Å². The SMILES string of the molecule is CC(C)Oc1cccc(CCCNC(=O)[C@@H](C)SCc2ccccc2)c1. The first-order valence-corrected chi connectivity index (χ1v) is 10.3. The number of thioether (sulfide) groups is 1. The molecule has 0 radical (unpaired) electrons. The van der Waals surface area contributed by atoms with Crippen molar-refractivity contribution < 1.29 is 9.53 Å². The van der Waals surface area contributed by atoms with Crippen molar-refractivity contribution in [3.8, 4) is 5.75 Å². The Kier molecular flexibility index (Phi) is 8.56. The quantitative estimate of drug-likeness (QED) is 0.607. The fourth-order valence-electron chi connectivity index (χ4n) is 2.57. The highest BCUT2D eigenvalue weighted by Crippen LogP contribution is 2.18. The van der Waals surface area contributed by atoms with Crippen molar-refractivity contribution in [2.24, 2.45) is 0 Å². The van der Waals surface area contributed by atoms with E-state index >= 15 is 0 Å². The standard InChI is InChI=1S/C22H29NO2S/c1-17(2)25-21-13-7-11-19(15-21)12-8-14-23-22(24)18(3)26-16-20-9-5-4-6-10-20/h4-7,9-11,13,15,17-18H,8,12,14,16H2,1-3H3,(H,23,24)/t18-/m1/s1. The molecule has 0 heterocycles. The Morgan fingerprint density at radius 2 is 1.77 bits per heavy atom. The van der Waals surface area contributed by atoms with Gasteiger partial charge in [-0.15, -0.1) is 11.8 Å². The van der Waals surface area contributed by atoms with Crippen LogP contribution in [-0.2, 0) is 17.0 Å². The molecule has 4 heteroatoms. The molecular formula is C22H29NO2S. The van der Waals surface area contributed by atoms with E-state index in [1.165, 1.54) is 11.1 Å². The second-order valence-corrected chi connectivity index (χ2v) is 7.98. The molecule has 0 aliphatic heterocycles. The number of hydrogen-bond acceptors (Lipinski definition) is 3. The maximum atomic E-state index is 12.2. The molecule has 140 valence electrons. The van der Waals surface area contributed by atoms with E-state index in [2.05, 4.69) is 29.6 Å². The Balaban J connectivity index is 1.66. The van der Waals surface area contributed by atoms with Gasteiger partial charge in [-0.25, -0.2) is 0 Å². The van der Waals surface area contributed by atoms with Crippen molar-refractivity contribution in [1.29, 1.82) is 0 Å². The van der Waals surface area contributed by atoms with Crippen molar-refractivity contribution in [1.82, 2.24) is 5.32 Å². The summed E-state index contributed by atoms with van der Waals surface area (Å²) in [5, 5.41) is 3.00. The monoisotopic (exact) mass is 371 g/mol. The minimum Gasteiger partial charge on any atom is -0.491 e. The third-order valence-corrected chi connectivity index (χ3v) is 5.14. The van der Waals surface area contributed by atoms with E-state index in [9.17, 15) is 4.79 Å². The van der Waals surface area contributed by atoms with Crippen LogP contribution in [0.3, 0.4) is 0 Å². The first kappa shape index (κ1) is 20.4. The highest BCUT2D eigenvalue weighted by atomic mass is 32.2. The van der Waals surface area contributed by atoms with Gasteiger partial charge in [0.2, 0.25) is 5.91 Å². The fourth-order valence-corrected chi connectivity index (χ4v) is 3.44. The van der Waals surface area contributed by atoms with Crippen molar-refractivity contribution >= 4 is 17.7 Å². The van der Waals surface area contributed by atoms with Crippen LogP contribution >= 0.6 is 11.8 Å². The Hall–Kier alpha value is -1.94. The zero-order chi connectivity index (χ0) is 18.8. The molecule has 0 unspecified atom stereocenters. The van der Waals surface area contributed by atoms with Gasteiger partial charge in [0.15, 0.2) is 0 Å². The van der Waals surface area contributed by atoms with Gasteiger partial charge < -0.3 is 10.1 Å². The molecule has 0 bridgehead atoms. The van der Waals surface area contributed by atoms with Gasteiger partial charge >= 0.3 is 0 Å². The Morgan fingerprint density at radius 3 is 2.50 bits per heavy atom. The molecule has 0 aliphatic carbocycles. The molecule has 2 rings (SSSR count). The first-order valence-electron chi connectivity index (χ1n) is 9.23. The van der Waals surface area contributed by atoms with Gasteiger partial charge in [0, 0.05) is 12.3 Å². The van der Waals surface area contributed by atoms with Crippen LogP contribution in [0.25, 0.3) is 0 Å². The molecule has 0 spiro atoms. The lowest BCUT2D eigenvalue weighted by Gasteiger charge is -2.13. The third kappa shape index (κ3) is 7.52. The fraction of sp³-hybridized carbons (Fsp3) is 0.409. The van der Waals surface area contributed by atoms with E-state index in [1.807, 2.05) is 51.1 Å². The summed E-state index contributed by atoms with van der Waals surface area (Å²) in [6.07, 6.45) is 2.04. The van der Waals surface area contributed by atoms with Gasteiger partial charge in [-0.1, -0.05) is 42.5 Å². The average molecular weight is 372 g/mol. The van der Waals surface area contributed by atoms with Crippen LogP contribution in [0, 0.1) is 0 Å². The molecule has 0 saturated heterocycles. The van der Waals surface area contributed by atoms with Crippen molar-refractivity contribution in [3.63, 3.8) is 0 Å². The van der Waals surface area contributed by atoms with Gasteiger partial charge in [-0.05, 0) is 56.9 Å². The maximum Gasteiger partial charge on any atom is 0.232 e. The molecule has 1 atom stereocenters. The molecular weight excluding hydrogens is 342 g/mol. The van der Waals surface area contributed by atoms with Crippen LogP contribution in [0.2, 0.25) is 0 Å².